The number of hydrogen-bond donors (Lipinski definition) is 0. The van der Waals surface area contributed by atoms with Gasteiger partial charge in [0.25, 0.3) is 0 Å². The summed E-state index contributed by atoms with van der Waals surface area (Å²) in [5.74, 6) is 0.272. The number of likely N-dealkylation sites (tertiary alicyclic amines) is 1. The zero-order valence-electron chi connectivity index (χ0n) is 16.6. The number of aryl methyl sites for hydroxylation is 2. The summed E-state index contributed by atoms with van der Waals surface area (Å²) in [5, 5.41) is 4.48. The van der Waals surface area contributed by atoms with Gasteiger partial charge in [0.05, 0.1) is 17.3 Å². The molecule has 0 spiro atoms. The number of piperidine rings is 1. The minimum atomic E-state index is -0.152. The molecular formula is C22H27N3O3. The maximum Gasteiger partial charge on any atom is 0.309 e. The summed E-state index contributed by atoms with van der Waals surface area (Å²) in [5.41, 5.74) is 4.02. The molecule has 1 amide bonds. The van der Waals surface area contributed by atoms with Gasteiger partial charge in [0.1, 0.15) is 6.61 Å². The van der Waals surface area contributed by atoms with Gasteiger partial charge in [-0.3, -0.25) is 9.59 Å². The van der Waals surface area contributed by atoms with Gasteiger partial charge >= 0.3 is 5.97 Å². The molecule has 4 rings (SSSR count). The fourth-order valence-corrected chi connectivity index (χ4v) is 3.82. The third-order valence-electron chi connectivity index (χ3n) is 5.64. The molecule has 1 aromatic carbocycles. The van der Waals surface area contributed by atoms with Gasteiger partial charge in [-0.1, -0.05) is 12.1 Å². The Morgan fingerprint density at radius 2 is 1.71 bits per heavy atom. The second kappa shape index (κ2) is 7.78. The van der Waals surface area contributed by atoms with Gasteiger partial charge < -0.3 is 9.64 Å². The van der Waals surface area contributed by atoms with E-state index in [1.54, 1.807) is 0 Å². The Morgan fingerprint density at radius 3 is 2.29 bits per heavy atom. The summed E-state index contributed by atoms with van der Waals surface area (Å²) < 4.78 is 7.44. The molecule has 2 fully saturated rings. The molecule has 1 saturated carbocycles. The average Bonchev–Trinajstić information content (AvgIpc) is 3.50. The van der Waals surface area contributed by atoms with Crippen LogP contribution >= 0.6 is 0 Å². The molecule has 6 nitrogen and oxygen atoms in total. The van der Waals surface area contributed by atoms with Crippen LogP contribution < -0.4 is 0 Å². The van der Waals surface area contributed by atoms with Crippen molar-refractivity contribution in [2.45, 2.75) is 46.1 Å². The van der Waals surface area contributed by atoms with Crippen LogP contribution in [0.2, 0.25) is 0 Å². The van der Waals surface area contributed by atoms with Crippen molar-refractivity contribution in [1.29, 1.82) is 0 Å². The molecule has 1 saturated heterocycles. The van der Waals surface area contributed by atoms with E-state index in [1.807, 2.05) is 53.8 Å². The fourth-order valence-electron chi connectivity index (χ4n) is 3.82. The van der Waals surface area contributed by atoms with E-state index in [1.165, 1.54) is 0 Å². The largest absolute Gasteiger partial charge is 0.461 e. The average molecular weight is 381 g/mol. The van der Waals surface area contributed by atoms with Crippen LogP contribution in [0.5, 0.6) is 0 Å². The summed E-state index contributed by atoms with van der Waals surface area (Å²) in [4.78, 5) is 26.4. The molecule has 0 radical (unpaired) electrons. The number of aromatic nitrogens is 2. The van der Waals surface area contributed by atoms with Crippen LogP contribution in [-0.4, -0.2) is 39.6 Å². The number of carbonyl (C=O) groups excluding carboxylic acids is 2. The highest BCUT2D eigenvalue weighted by Crippen LogP contribution is 2.32. The topological polar surface area (TPSA) is 64.4 Å². The molecule has 1 aliphatic carbocycles. The molecule has 2 heterocycles. The highest BCUT2D eigenvalue weighted by Gasteiger charge is 2.36. The molecular weight excluding hydrogens is 354 g/mol. The summed E-state index contributed by atoms with van der Waals surface area (Å²) in [6.07, 6.45) is 3.46. The lowest BCUT2D eigenvalue weighted by Crippen LogP contribution is -2.41. The van der Waals surface area contributed by atoms with Gasteiger partial charge in [-0.25, -0.2) is 4.68 Å². The number of nitrogens with zero attached hydrogens (tertiary/aromatic N) is 3. The minimum Gasteiger partial charge on any atom is -0.461 e. The molecule has 28 heavy (non-hydrogen) atoms. The first-order chi connectivity index (χ1) is 13.5. The fraction of sp³-hybridized carbons (Fsp3) is 0.500. The maximum absolute atomic E-state index is 12.4. The first kappa shape index (κ1) is 18.7. The van der Waals surface area contributed by atoms with Crippen molar-refractivity contribution in [3.63, 3.8) is 0 Å². The quantitative estimate of drug-likeness (QED) is 0.746. The van der Waals surface area contributed by atoms with Gasteiger partial charge in [-0.15, -0.1) is 0 Å². The smallest absolute Gasteiger partial charge is 0.309 e. The Bertz CT molecular complexity index is 860. The third-order valence-corrected chi connectivity index (χ3v) is 5.64. The summed E-state index contributed by atoms with van der Waals surface area (Å²) in [6, 6.07) is 9.96. The van der Waals surface area contributed by atoms with E-state index in [0.717, 1.165) is 35.5 Å². The lowest BCUT2D eigenvalue weighted by Gasteiger charge is -2.31. The number of carbonyl (C=O) groups is 2. The Balaban J connectivity index is 1.27. The van der Waals surface area contributed by atoms with Crippen LogP contribution in [0.15, 0.2) is 30.3 Å². The SMILES string of the molecule is Cc1cc(C)n(-c2ccc(COC(=O)C3CCN(C(=O)C4CC4)CC3)cc2)n1. The van der Waals surface area contributed by atoms with Crippen LogP contribution in [0.4, 0.5) is 0 Å². The van der Waals surface area contributed by atoms with Gasteiger partial charge in [-0.05, 0) is 63.3 Å². The predicted octanol–water partition coefficient (Wildman–Crippen LogP) is 3.18. The van der Waals surface area contributed by atoms with E-state index >= 15 is 0 Å². The molecule has 0 bridgehead atoms. The van der Waals surface area contributed by atoms with Gasteiger partial charge in [0, 0.05) is 24.7 Å². The Hall–Kier alpha value is -2.63. The second-order valence-corrected chi connectivity index (χ2v) is 7.99. The molecule has 148 valence electrons. The summed E-state index contributed by atoms with van der Waals surface area (Å²) in [7, 11) is 0. The van der Waals surface area contributed by atoms with Crippen LogP contribution in [0.3, 0.4) is 0 Å². The lowest BCUT2D eigenvalue weighted by atomic mass is 9.96. The number of ether oxygens (including phenoxy) is 1. The number of hydrogen-bond acceptors (Lipinski definition) is 4. The van der Waals surface area contributed by atoms with Crippen LogP contribution in [0.1, 0.15) is 42.6 Å². The molecule has 6 heteroatoms. The van der Waals surface area contributed by atoms with Crippen LogP contribution in [-0.2, 0) is 20.9 Å². The highest BCUT2D eigenvalue weighted by atomic mass is 16.5. The normalized spacial score (nSPS) is 17.6. The van der Waals surface area contributed by atoms with E-state index in [4.69, 9.17) is 4.74 Å². The number of esters is 1. The number of amides is 1. The summed E-state index contributed by atoms with van der Waals surface area (Å²) in [6.45, 7) is 5.62. The highest BCUT2D eigenvalue weighted by molar-refractivity contribution is 5.81. The number of rotatable bonds is 5. The van der Waals surface area contributed by atoms with Crippen molar-refractivity contribution in [3.8, 4) is 5.69 Å². The first-order valence-electron chi connectivity index (χ1n) is 10.1. The monoisotopic (exact) mass is 381 g/mol. The van der Waals surface area contributed by atoms with E-state index in [9.17, 15) is 9.59 Å². The third kappa shape index (κ3) is 4.11. The van der Waals surface area contributed by atoms with E-state index in [2.05, 4.69) is 5.10 Å². The van der Waals surface area contributed by atoms with Crippen molar-refractivity contribution < 1.29 is 14.3 Å². The van der Waals surface area contributed by atoms with E-state index in [-0.39, 0.29) is 30.3 Å². The van der Waals surface area contributed by atoms with Gasteiger partial charge in [0.2, 0.25) is 5.91 Å². The lowest BCUT2D eigenvalue weighted by molar-refractivity contribution is -0.153. The van der Waals surface area contributed by atoms with Crippen molar-refractivity contribution in [3.05, 3.63) is 47.3 Å². The van der Waals surface area contributed by atoms with Crippen molar-refractivity contribution in [2.75, 3.05) is 13.1 Å². The summed E-state index contributed by atoms with van der Waals surface area (Å²) >= 11 is 0. The zero-order chi connectivity index (χ0) is 19.7. The van der Waals surface area contributed by atoms with E-state index in [0.29, 0.717) is 25.9 Å². The van der Waals surface area contributed by atoms with Gasteiger partial charge in [0.15, 0.2) is 0 Å². The molecule has 0 unspecified atom stereocenters. The van der Waals surface area contributed by atoms with Crippen molar-refractivity contribution >= 4 is 11.9 Å². The molecule has 1 aromatic heterocycles. The predicted molar refractivity (Wildman–Crippen MR) is 105 cm³/mol. The van der Waals surface area contributed by atoms with E-state index < -0.39 is 0 Å². The Labute approximate surface area is 165 Å². The second-order valence-electron chi connectivity index (χ2n) is 7.99. The number of benzene rings is 1. The van der Waals surface area contributed by atoms with Crippen LogP contribution in [0, 0.1) is 25.7 Å². The molecule has 0 N–H and O–H groups in total. The zero-order valence-corrected chi connectivity index (χ0v) is 16.6. The van der Waals surface area contributed by atoms with Crippen LogP contribution in [0.25, 0.3) is 5.69 Å². The molecule has 1 aliphatic heterocycles. The van der Waals surface area contributed by atoms with Gasteiger partial charge in [-0.2, -0.15) is 5.10 Å². The standard InChI is InChI=1S/C22H27N3O3/c1-15-13-16(2)25(23-15)20-7-3-17(4-8-20)14-28-22(27)19-9-11-24(12-10-19)21(26)18-5-6-18/h3-4,7-8,13,18-19H,5-6,9-12,14H2,1-2H3. The first-order valence-corrected chi connectivity index (χ1v) is 10.1. The van der Waals surface area contributed by atoms with Crippen molar-refractivity contribution in [1.82, 2.24) is 14.7 Å². The molecule has 0 atom stereocenters. The minimum absolute atomic E-state index is 0.0998. The molecule has 2 aromatic rings. The Morgan fingerprint density at radius 1 is 1.04 bits per heavy atom. The maximum atomic E-state index is 12.4. The van der Waals surface area contributed by atoms with Crippen molar-refractivity contribution in [2.24, 2.45) is 11.8 Å². The Kier molecular flexibility index (Phi) is 5.20. The molecule has 2 aliphatic rings.